The van der Waals surface area contributed by atoms with Crippen molar-refractivity contribution in [2.45, 2.75) is 59.1 Å². The second kappa shape index (κ2) is 9.20. The molecule has 0 aliphatic heterocycles. The minimum Gasteiger partial charge on any atom is -0.388 e. The van der Waals surface area contributed by atoms with E-state index in [0.29, 0.717) is 33.0 Å². The molecule has 0 fully saturated rings. The number of thiazole rings is 2. The zero-order valence-corrected chi connectivity index (χ0v) is 19.5. The highest BCUT2D eigenvalue weighted by Gasteiger charge is 2.38. The van der Waals surface area contributed by atoms with E-state index in [0.717, 1.165) is 20.4 Å². The van der Waals surface area contributed by atoms with Gasteiger partial charge in [-0.05, 0) is 25.0 Å². The second-order valence-electron chi connectivity index (χ2n) is 7.20. The molecule has 0 saturated carbocycles. The fraction of sp³-hybridized carbons (Fsp3) is 0.364. The molecule has 158 valence electrons. The molecule has 4 atom stereocenters. The van der Waals surface area contributed by atoms with Gasteiger partial charge in [0.2, 0.25) is 20.2 Å². The molecule has 0 spiro atoms. The Balaban J connectivity index is 1.87. The number of aliphatic hydroxyl groups is 2. The van der Waals surface area contributed by atoms with Crippen molar-refractivity contribution in [2.24, 2.45) is 0 Å². The molecule has 0 radical (unpaired) electrons. The van der Waals surface area contributed by atoms with Gasteiger partial charge in [0, 0.05) is 33.1 Å². The van der Waals surface area contributed by atoms with Crippen molar-refractivity contribution in [1.82, 2.24) is 9.97 Å². The van der Waals surface area contributed by atoms with Gasteiger partial charge in [-0.25, -0.2) is 4.21 Å². The fourth-order valence-corrected chi connectivity index (χ4v) is 10.7. The third-order valence-corrected chi connectivity index (χ3v) is 12.2. The van der Waals surface area contributed by atoms with Crippen LogP contribution >= 0.6 is 20.9 Å². The Hall–Kier alpha value is -1.71. The van der Waals surface area contributed by atoms with Crippen LogP contribution in [0.25, 0.3) is 20.4 Å². The standard InChI is InChI=1S/C22H26N2O3S3/c1-3-15(25)13-28-19-11-7-5-9-17(19)23-21(28)30(27)22-24-18-10-6-8-12-20(18)29(22)14-16(26)4-2/h5-12,15-16,25-26H,3-4,13-14H2,1-2H3/q+2. The summed E-state index contributed by atoms with van der Waals surface area (Å²) in [5.74, 6) is 1.04. The van der Waals surface area contributed by atoms with Crippen LogP contribution in [0.5, 0.6) is 0 Å². The van der Waals surface area contributed by atoms with Crippen molar-refractivity contribution in [1.29, 1.82) is 0 Å². The molecule has 0 saturated heterocycles. The highest BCUT2D eigenvalue weighted by atomic mass is 32.2. The zero-order valence-electron chi connectivity index (χ0n) is 17.0. The Morgan fingerprint density at radius 3 is 1.60 bits per heavy atom. The summed E-state index contributed by atoms with van der Waals surface area (Å²) in [6.45, 7) is 3.90. The summed E-state index contributed by atoms with van der Waals surface area (Å²) < 4.78 is 17.1. The number of aliphatic hydroxyl groups excluding tert-OH is 2. The second-order valence-corrected chi connectivity index (χ2v) is 12.9. The summed E-state index contributed by atoms with van der Waals surface area (Å²) in [4.78, 5) is 9.48. The molecule has 30 heavy (non-hydrogen) atoms. The molecule has 2 aromatic carbocycles. The average Bonchev–Trinajstić information content (AvgIpc) is 3.32. The van der Waals surface area contributed by atoms with Crippen LogP contribution in [0, 0.1) is 0 Å². The summed E-state index contributed by atoms with van der Waals surface area (Å²) in [6, 6.07) is 15.7. The number of rotatable bonds is 8. The van der Waals surface area contributed by atoms with E-state index in [1.165, 1.54) is 0 Å². The quantitative estimate of drug-likeness (QED) is 0.361. The number of fused-ring (bicyclic) bond motifs is 2. The summed E-state index contributed by atoms with van der Waals surface area (Å²) >= 11 is 0. The predicted octanol–water partition coefficient (Wildman–Crippen LogP) is 4.99. The molecule has 4 rings (SSSR count). The van der Waals surface area contributed by atoms with Crippen LogP contribution < -0.4 is 0 Å². The van der Waals surface area contributed by atoms with Crippen LogP contribution in [0.3, 0.4) is 0 Å². The molecule has 0 aliphatic carbocycles. The lowest BCUT2D eigenvalue weighted by Gasteiger charge is -2.02. The van der Waals surface area contributed by atoms with Crippen molar-refractivity contribution >= 4 is 52.2 Å². The van der Waals surface area contributed by atoms with Crippen molar-refractivity contribution in [3.05, 3.63) is 48.5 Å². The summed E-state index contributed by atoms with van der Waals surface area (Å²) in [6.07, 6.45) is 0.352. The van der Waals surface area contributed by atoms with Crippen LogP contribution in [0.2, 0.25) is 0 Å². The highest BCUT2D eigenvalue weighted by Crippen LogP contribution is 2.44. The smallest absolute Gasteiger partial charge is 0.344 e. The zero-order chi connectivity index (χ0) is 21.3. The molecule has 4 aromatic rings. The Kier molecular flexibility index (Phi) is 6.60. The van der Waals surface area contributed by atoms with Gasteiger partial charge < -0.3 is 10.2 Å². The van der Waals surface area contributed by atoms with Crippen molar-refractivity contribution in [3.63, 3.8) is 0 Å². The largest absolute Gasteiger partial charge is 0.388 e. The van der Waals surface area contributed by atoms with E-state index in [4.69, 9.17) is 9.97 Å². The van der Waals surface area contributed by atoms with E-state index in [1.807, 2.05) is 62.4 Å². The van der Waals surface area contributed by atoms with Gasteiger partial charge in [0.15, 0.2) is 11.5 Å². The lowest BCUT2D eigenvalue weighted by atomic mass is 10.3. The van der Waals surface area contributed by atoms with Gasteiger partial charge in [0.05, 0.1) is 0 Å². The molecule has 0 amide bonds. The van der Waals surface area contributed by atoms with Crippen molar-refractivity contribution in [3.8, 4) is 0 Å². The first kappa shape index (κ1) is 21.5. The van der Waals surface area contributed by atoms with Gasteiger partial charge in [-0.3, -0.25) is 0 Å². The first-order valence-electron chi connectivity index (χ1n) is 10.1. The minimum atomic E-state index is -1.52. The van der Waals surface area contributed by atoms with Crippen molar-refractivity contribution in [2.75, 3.05) is 0 Å². The predicted molar refractivity (Wildman–Crippen MR) is 126 cm³/mol. The normalized spacial score (nSPS) is 16.1. The van der Waals surface area contributed by atoms with Crippen LogP contribution in [0.15, 0.2) is 57.2 Å². The van der Waals surface area contributed by atoms with E-state index < -0.39 is 43.9 Å². The highest BCUT2D eigenvalue weighted by molar-refractivity contribution is 7.91. The van der Waals surface area contributed by atoms with Crippen LogP contribution in [-0.4, -0.2) is 36.6 Å². The third kappa shape index (κ3) is 4.07. The van der Waals surface area contributed by atoms with Gasteiger partial charge in [-0.1, -0.05) is 38.1 Å². The van der Waals surface area contributed by atoms with Crippen LogP contribution in [-0.2, 0) is 22.3 Å². The van der Waals surface area contributed by atoms with Crippen LogP contribution in [0.4, 0.5) is 0 Å². The maximum absolute atomic E-state index is 13.8. The lowest BCUT2D eigenvalue weighted by molar-refractivity contribution is 0.181. The number of hydrogen-bond donors (Lipinski definition) is 2. The molecule has 8 heteroatoms. The van der Waals surface area contributed by atoms with Gasteiger partial charge in [-0.15, -0.1) is 0 Å². The number of benzene rings is 2. The molecular weight excluding hydrogens is 436 g/mol. The van der Waals surface area contributed by atoms with Gasteiger partial charge in [0.25, 0.3) is 0 Å². The van der Waals surface area contributed by atoms with E-state index in [9.17, 15) is 14.4 Å². The van der Waals surface area contributed by atoms with Crippen LogP contribution in [0.1, 0.15) is 26.7 Å². The third-order valence-electron chi connectivity index (χ3n) is 5.08. The maximum Gasteiger partial charge on any atom is 0.344 e. The first-order valence-corrected chi connectivity index (χ1v) is 14.0. The Labute approximate surface area is 183 Å². The monoisotopic (exact) mass is 462 g/mol. The minimum absolute atomic E-state index is 0.468. The van der Waals surface area contributed by atoms with E-state index in [2.05, 4.69) is 0 Å². The SMILES string of the molecule is CCC(O)C[s+]1c(S(=O)c2nc3ccccc3[s+]2CC(O)CC)nc2ccccc21. The molecule has 4 unspecified atom stereocenters. The van der Waals surface area contributed by atoms with Crippen molar-refractivity contribution < 1.29 is 14.4 Å². The molecule has 5 nitrogen and oxygen atoms in total. The summed E-state index contributed by atoms with van der Waals surface area (Å²) in [5.41, 5.74) is 1.66. The lowest BCUT2D eigenvalue weighted by Crippen LogP contribution is -2.07. The molecular formula is C22H26N2O3S3+2. The number of nitrogens with zero attached hydrogens (tertiary/aromatic N) is 2. The molecule has 0 aliphatic rings. The first-order chi connectivity index (χ1) is 14.5. The molecule has 2 aromatic heterocycles. The number of hydrogen-bond acceptors (Lipinski definition) is 5. The Bertz CT molecular complexity index is 1110. The summed E-state index contributed by atoms with van der Waals surface area (Å²) in [7, 11) is -2.58. The van der Waals surface area contributed by atoms with E-state index >= 15 is 0 Å². The molecule has 0 bridgehead atoms. The van der Waals surface area contributed by atoms with E-state index in [-0.39, 0.29) is 0 Å². The Morgan fingerprint density at radius 1 is 0.800 bits per heavy atom. The van der Waals surface area contributed by atoms with Gasteiger partial charge in [-0.2, -0.15) is 9.97 Å². The Morgan fingerprint density at radius 2 is 1.20 bits per heavy atom. The van der Waals surface area contributed by atoms with E-state index in [1.54, 1.807) is 0 Å². The van der Waals surface area contributed by atoms with Gasteiger partial charge in [0.1, 0.15) is 23.2 Å². The summed E-state index contributed by atoms with van der Waals surface area (Å²) in [5, 5.41) is 20.7. The molecule has 2 heterocycles. The maximum atomic E-state index is 13.8. The average molecular weight is 463 g/mol. The fourth-order valence-electron chi connectivity index (χ4n) is 3.29. The molecule has 2 N–H and O–H groups in total. The number of aromatic nitrogens is 2. The van der Waals surface area contributed by atoms with Gasteiger partial charge >= 0.3 is 8.68 Å². The topological polar surface area (TPSA) is 83.3 Å². The number of para-hydroxylation sites is 2.